The predicted octanol–water partition coefficient (Wildman–Crippen LogP) is 2.86. The number of imidazole rings is 1. The molecule has 17 heavy (non-hydrogen) atoms. The van der Waals surface area contributed by atoms with Gasteiger partial charge in [-0.3, -0.25) is 0 Å². The zero-order chi connectivity index (χ0) is 12.4. The van der Waals surface area contributed by atoms with Gasteiger partial charge in [-0.15, -0.1) is 0 Å². The van der Waals surface area contributed by atoms with Crippen LogP contribution in [0.15, 0.2) is 24.5 Å². The van der Waals surface area contributed by atoms with Crippen molar-refractivity contribution in [3.05, 3.63) is 46.5 Å². The van der Waals surface area contributed by atoms with Crippen molar-refractivity contribution in [3.63, 3.8) is 0 Å². The molecule has 1 heterocycles. The molecule has 2 aromatic rings. The molecule has 0 amide bonds. The molecule has 0 fully saturated rings. The topological polar surface area (TPSA) is 29.9 Å². The van der Waals surface area contributed by atoms with Crippen molar-refractivity contribution in [2.24, 2.45) is 0 Å². The third kappa shape index (κ3) is 2.35. The molecule has 1 N–H and O–H groups in total. The van der Waals surface area contributed by atoms with Gasteiger partial charge in [-0.05, 0) is 38.6 Å². The van der Waals surface area contributed by atoms with E-state index in [1.165, 1.54) is 0 Å². The molecule has 0 radical (unpaired) electrons. The number of aromatic nitrogens is 2. The second-order valence-corrected chi connectivity index (χ2v) is 4.50. The quantitative estimate of drug-likeness (QED) is 0.907. The monoisotopic (exact) mass is 249 g/mol. The molecule has 0 aliphatic carbocycles. The highest BCUT2D eigenvalue weighted by atomic mass is 35.5. The first-order valence-corrected chi connectivity index (χ1v) is 5.95. The average molecular weight is 250 g/mol. The Kier molecular flexibility index (Phi) is 3.50. The van der Waals surface area contributed by atoms with Gasteiger partial charge in [0.2, 0.25) is 0 Å². The van der Waals surface area contributed by atoms with E-state index in [1.807, 2.05) is 37.0 Å². The van der Waals surface area contributed by atoms with E-state index in [9.17, 15) is 0 Å². The lowest BCUT2D eigenvalue weighted by molar-refractivity contribution is 0.817. The maximum Gasteiger partial charge on any atom is 0.0997 e. The number of rotatable bonds is 3. The third-order valence-corrected chi connectivity index (χ3v) is 3.29. The summed E-state index contributed by atoms with van der Waals surface area (Å²) in [5.74, 6) is 0. The number of nitrogens with zero attached hydrogens (tertiary/aromatic N) is 2. The van der Waals surface area contributed by atoms with Crippen LogP contribution in [0, 0.1) is 13.8 Å². The summed E-state index contributed by atoms with van der Waals surface area (Å²) >= 11 is 6.24. The van der Waals surface area contributed by atoms with Crippen LogP contribution >= 0.6 is 11.6 Å². The summed E-state index contributed by atoms with van der Waals surface area (Å²) in [6, 6.07) is 6.08. The lowest BCUT2D eigenvalue weighted by atomic mass is 10.2. The van der Waals surface area contributed by atoms with E-state index < -0.39 is 0 Å². The van der Waals surface area contributed by atoms with Crippen molar-refractivity contribution in [1.82, 2.24) is 14.9 Å². The van der Waals surface area contributed by atoms with Gasteiger partial charge in [-0.2, -0.15) is 0 Å². The number of hydrogen-bond donors (Lipinski definition) is 1. The smallest absolute Gasteiger partial charge is 0.0997 e. The third-order valence-electron chi connectivity index (χ3n) is 2.93. The first kappa shape index (κ1) is 12.1. The molecule has 3 nitrogen and oxygen atoms in total. The minimum atomic E-state index is 0.779. The van der Waals surface area contributed by atoms with E-state index in [2.05, 4.69) is 23.3 Å². The van der Waals surface area contributed by atoms with Crippen molar-refractivity contribution in [1.29, 1.82) is 0 Å². The maximum absolute atomic E-state index is 6.24. The standard InChI is InChI=1S/C13H16ClN3/c1-9-10(2)17(8-16-9)12-5-4-11(7-15-3)13(14)6-12/h4-6,8,15H,7H2,1-3H3. The highest BCUT2D eigenvalue weighted by Crippen LogP contribution is 2.21. The van der Waals surface area contributed by atoms with Crippen molar-refractivity contribution in [3.8, 4) is 5.69 Å². The first-order chi connectivity index (χ1) is 8.13. The van der Waals surface area contributed by atoms with Gasteiger partial charge in [0.25, 0.3) is 0 Å². The summed E-state index contributed by atoms with van der Waals surface area (Å²) in [6.07, 6.45) is 1.83. The summed E-state index contributed by atoms with van der Waals surface area (Å²) < 4.78 is 2.05. The van der Waals surface area contributed by atoms with Gasteiger partial charge in [0, 0.05) is 22.9 Å². The van der Waals surface area contributed by atoms with E-state index >= 15 is 0 Å². The Morgan fingerprint density at radius 2 is 2.12 bits per heavy atom. The Balaban J connectivity index is 2.41. The van der Waals surface area contributed by atoms with E-state index in [0.29, 0.717) is 0 Å². The van der Waals surface area contributed by atoms with Gasteiger partial charge in [-0.1, -0.05) is 17.7 Å². The van der Waals surface area contributed by atoms with Crippen LogP contribution in [-0.2, 0) is 6.54 Å². The second-order valence-electron chi connectivity index (χ2n) is 4.09. The zero-order valence-corrected chi connectivity index (χ0v) is 11.0. The van der Waals surface area contributed by atoms with Crippen LogP contribution in [-0.4, -0.2) is 16.6 Å². The highest BCUT2D eigenvalue weighted by Gasteiger charge is 2.06. The minimum Gasteiger partial charge on any atom is -0.316 e. The van der Waals surface area contributed by atoms with Gasteiger partial charge in [0.05, 0.1) is 12.0 Å². The molecule has 90 valence electrons. The lowest BCUT2D eigenvalue weighted by Gasteiger charge is -2.09. The van der Waals surface area contributed by atoms with Gasteiger partial charge in [0.1, 0.15) is 0 Å². The van der Waals surface area contributed by atoms with Crippen LogP contribution < -0.4 is 5.32 Å². The average Bonchev–Trinajstić information content (AvgIpc) is 2.63. The molecule has 4 heteroatoms. The van der Waals surface area contributed by atoms with Crippen LogP contribution in [0.3, 0.4) is 0 Å². The molecule has 2 rings (SSSR count). The predicted molar refractivity (Wildman–Crippen MR) is 70.8 cm³/mol. The molecule has 0 atom stereocenters. The number of nitrogens with one attached hydrogen (secondary N) is 1. The van der Waals surface area contributed by atoms with Gasteiger partial charge < -0.3 is 9.88 Å². The Hall–Kier alpha value is -1.32. The van der Waals surface area contributed by atoms with Gasteiger partial charge >= 0.3 is 0 Å². The highest BCUT2D eigenvalue weighted by molar-refractivity contribution is 6.31. The van der Waals surface area contributed by atoms with Gasteiger partial charge in [-0.25, -0.2) is 4.98 Å². The lowest BCUT2D eigenvalue weighted by Crippen LogP contribution is -2.06. The van der Waals surface area contributed by atoms with Crippen LogP contribution in [0.4, 0.5) is 0 Å². The second kappa shape index (κ2) is 4.90. The molecule has 1 aromatic carbocycles. The van der Waals surface area contributed by atoms with Gasteiger partial charge in [0.15, 0.2) is 0 Å². The molecule has 0 unspecified atom stereocenters. The number of hydrogen-bond acceptors (Lipinski definition) is 2. The van der Waals surface area contributed by atoms with E-state index in [4.69, 9.17) is 11.6 Å². The Bertz CT molecular complexity index is 531. The fraction of sp³-hybridized carbons (Fsp3) is 0.308. The normalized spacial score (nSPS) is 10.8. The largest absolute Gasteiger partial charge is 0.316 e. The van der Waals surface area contributed by atoms with Crippen molar-refractivity contribution in [2.75, 3.05) is 7.05 Å². The first-order valence-electron chi connectivity index (χ1n) is 5.57. The van der Waals surface area contributed by atoms with Crippen LogP contribution in [0.25, 0.3) is 5.69 Å². The maximum atomic E-state index is 6.24. The fourth-order valence-electron chi connectivity index (χ4n) is 1.78. The SMILES string of the molecule is CNCc1ccc(-n2cnc(C)c2C)cc1Cl. The van der Waals surface area contributed by atoms with Crippen molar-refractivity contribution < 1.29 is 0 Å². The van der Waals surface area contributed by atoms with Crippen LogP contribution in [0.1, 0.15) is 17.0 Å². The molecule has 0 bridgehead atoms. The fourth-order valence-corrected chi connectivity index (χ4v) is 2.02. The molecule has 0 saturated carbocycles. The van der Waals surface area contributed by atoms with Crippen molar-refractivity contribution >= 4 is 11.6 Å². The summed E-state index contributed by atoms with van der Waals surface area (Å²) in [4.78, 5) is 4.29. The molecule has 0 aliphatic rings. The van der Waals surface area contributed by atoms with Crippen LogP contribution in [0.2, 0.25) is 5.02 Å². The summed E-state index contributed by atoms with van der Waals surface area (Å²) in [7, 11) is 1.91. The number of aryl methyl sites for hydroxylation is 1. The molecular weight excluding hydrogens is 234 g/mol. The summed E-state index contributed by atoms with van der Waals surface area (Å²) in [5.41, 5.74) is 4.34. The van der Waals surface area contributed by atoms with E-state index in [-0.39, 0.29) is 0 Å². The van der Waals surface area contributed by atoms with Crippen LogP contribution in [0.5, 0.6) is 0 Å². The summed E-state index contributed by atoms with van der Waals surface area (Å²) in [6.45, 7) is 4.83. The Morgan fingerprint density at radius 1 is 1.35 bits per heavy atom. The molecular formula is C13H16ClN3. The zero-order valence-electron chi connectivity index (χ0n) is 10.3. The van der Waals surface area contributed by atoms with E-state index in [0.717, 1.165) is 34.2 Å². The summed E-state index contributed by atoms with van der Waals surface area (Å²) in [5, 5.41) is 3.88. The molecule has 0 aliphatic heterocycles. The number of halogens is 1. The molecule has 0 spiro atoms. The minimum absolute atomic E-state index is 0.779. The van der Waals surface area contributed by atoms with E-state index in [1.54, 1.807) is 0 Å². The number of benzene rings is 1. The molecule has 1 aromatic heterocycles. The Labute approximate surface area is 106 Å². The van der Waals surface area contributed by atoms with Crippen molar-refractivity contribution in [2.45, 2.75) is 20.4 Å². The molecule has 0 saturated heterocycles. The Morgan fingerprint density at radius 3 is 2.65 bits per heavy atom.